The monoisotopic (exact) mass is 267 g/mol. The minimum atomic E-state index is -0.284. The van der Waals surface area contributed by atoms with Crippen LogP contribution in [0.25, 0.3) is 0 Å². The maximum Gasteiger partial charge on any atom is 0.320 e. The maximum atomic E-state index is 13.7. The molecule has 0 aliphatic carbocycles. The zero-order chi connectivity index (χ0) is 14.5. The second kappa shape index (κ2) is 6.66. The molecule has 0 heterocycles. The Labute approximate surface area is 114 Å². The third kappa shape index (κ3) is 4.99. The van der Waals surface area contributed by atoms with E-state index in [1.54, 1.807) is 25.1 Å². The minimum Gasteiger partial charge on any atom is -0.465 e. The number of ether oxygens (including phenoxy) is 1. The zero-order valence-electron chi connectivity index (χ0n) is 12.1. The predicted molar refractivity (Wildman–Crippen MR) is 73.2 cm³/mol. The Balaban J connectivity index is 2.82. The molecule has 106 valence electrons. The highest BCUT2D eigenvalue weighted by molar-refractivity contribution is 5.71. The lowest BCUT2D eigenvalue weighted by atomic mass is 10.0. The van der Waals surface area contributed by atoms with E-state index in [-0.39, 0.29) is 23.9 Å². The van der Waals surface area contributed by atoms with Crippen molar-refractivity contribution < 1.29 is 13.9 Å². The predicted octanol–water partition coefficient (Wildman–Crippen LogP) is 2.99. The van der Waals surface area contributed by atoms with E-state index in [4.69, 9.17) is 4.74 Å². The summed E-state index contributed by atoms with van der Waals surface area (Å²) in [5.41, 5.74) is 0.344. The van der Waals surface area contributed by atoms with Gasteiger partial charge in [-0.2, -0.15) is 0 Å². The molecule has 4 heteroatoms. The van der Waals surface area contributed by atoms with E-state index in [0.717, 1.165) is 0 Å². The van der Waals surface area contributed by atoms with Crippen molar-refractivity contribution in [3.05, 3.63) is 35.6 Å². The van der Waals surface area contributed by atoms with Crippen LogP contribution in [0.4, 0.5) is 4.39 Å². The summed E-state index contributed by atoms with van der Waals surface area (Å²) in [6.45, 7) is 8.65. The molecule has 0 aliphatic rings. The first kappa shape index (κ1) is 15.6. The number of hydrogen-bond donors (Lipinski definition) is 0. The Morgan fingerprint density at radius 3 is 2.47 bits per heavy atom. The number of benzene rings is 1. The molecule has 1 rings (SSSR count). The van der Waals surface area contributed by atoms with Crippen LogP contribution < -0.4 is 0 Å². The second-order valence-electron chi connectivity index (χ2n) is 5.42. The summed E-state index contributed by atoms with van der Waals surface area (Å²) in [6, 6.07) is 6.62. The topological polar surface area (TPSA) is 29.5 Å². The van der Waals surface area contributed by atoms with Crippen LogP contribution in [0.2, 0.25) is 0 Å². The lowest BCUT2D eigenvalue weighted by molar-refractivity contribution is -0.146. The van der Waals surface area contributed by atoms with Crippen LogP contribution in [-0.2, 0) is 16.1 Å². The first-order chi connectivity index (χ1) is 8.84. The summed E-state index contributed by atoms with van der Waals surface area (Å²) in [6.07, 6.45) is 0. The number of rotatable bonds is 5. The van der Waals surface area contributed by atoms with E-state index in [0.29, 0.717) is 18.7 Å². The Hall–Kier alpha value is -1.42. The van der Waals surface area contributed by atoms with Gasteiger partial charge in [0.05, 0.1) is 13.2 Å². The van der Waals surface area contributed by atoms with E-state index in [9.17, 15) is 9.18 Å². The van der Waals surface area contributed by atoms with Gasteiger partial charge in [0.25, 0.3) is 0 Å². The largest absolute Gasteiger partial charge is 0.465 e. The fourth-order valence-electron chi connectivity index (χ4n) is 1.72. The van der Waals surface area contributed by atoms with Gasteiger partial charge in [0, 0.05) is 17.6 Å². The molecule has 0 spiro atoms. The van der Waals surface area contributed by atoms with Gasteiger partial charge in [-0.1, -0.05) is 18.2 Å². The lowest BCUT2D eigenvalue weighted by Gasteiger charge is -2.34. The van der Waals surface area contributed by atoms with Crippen LogP contribution >= 0.6 is 0 Å². The van der Waals surface area contributed by atoms with Crippen molar-refractivity contribution in [2.75, 3.05) is 13.2 Å². The normalized spacial score (nSPS) is 11.7. The third-order valence-corrected chi connectivity index (χ3v) is 2.89. The third-order valence-electron chi connectivity index (χ3n) is 2.89. The van der Waals surface area contributed by atoms with Crippen molar-refractivity contribution in [3.63, 3.8) is 0 Å². The number of halogens is 1. The van der Waals surface area contributed by atoms with Crippen molar-refractivity contribution >= 4 is 5.97 Å². The molecule has 0 aromatic heterocycles. The highest BCUT2D eigenvalue weighted by Crippen LogP contribution is 2.18. The Morgan fingerprint density at radius 2 is 1.95 bits per heavy atom. The van der Waals surface area contributed by atoms with Gasteiger partial charge in [0.1, 0.15) is 5.82 Å². The van der Waals surface area contributed by atoms with Crippen LogP contribution in [0.3, 0.4) is 0 Å². The van der Waals surface area contributed by atoms with Gasteiger partial charge >= 0.3 is 5.97 Å². The molecule has 0 saturated carbocycles. The summed E-state index contributed by atoms with van der Waals surface area (Å²) in [4.78, 5) is 13.5. The molecule has 0 bridgehead atoms. The van der Waals surface area contributed by atoms with Gasteiger partial charge in [0.15, 0.2) is 0 Å². The van der Waals surface area contributed by atoms with Crippen LogP contribution in [0.1, 0.15) is 33.3 Å². The van der Waals surface area contributed by atoms with Crippen LogP contribution in [0, 0.1) is 5.82 Å². The summed E-state index contributed by atoms with van der Waals surface area (Å²) < 4.78 is 18.6. The smallest absolute Gasteiger partial charge is 0.320 e. The van der Waals surface area contributed by atoms with Crippen molar-refractivity contribution in [1.29, 1.82) is 0 Å². The quantitative estimate of drug-likeness (QED) is 0.768. The number of carbonyl (C=O) groups excluding carboxylic acids is 1. The Kier molecular flexibility index (Phi) is 5.48. The molecule has 1 aromatic rings. The van der Waals surface area contributed by atoms with Gasteiger partial charge < -0.3 is 4.74 Å². The molecule has 0 fully saturated rings. The van der Waals surface area contributed by atoms with E-state index in [1.807, 2.05) is 25.7 Å². The highest BCUT2D eigenvalue weighted by atomic mass is 19.1. The van der Waals surface area contributed by atoms with E-state index >= 15 is 0 Å². The standard InChI is InChI=1S/C15H22FNO2/c1-5-19-14(18)11-17(15(2,3)4)10-12-8-6-7-9-13(12)16/h6-9H,5,10-11H2,1-4H3. The van der Waals surface area contributed by atoms with Crippen LogP contribution in [0.5, 0.6) is 0 Å². The molecule has 0 saturated heterocycles. The first-order valence-corrected chi connectivity index (χ1v) is 6.48. The number of nitrogens with zero attached hydrogens (tertiary/aromatic N) is 1. The van der Waals surface area contributed by atoms with E-state index in [2.05, 4.69) is 0 Å². The average Bonchev–Trinajstić information content (AvgIpc) is 2.30. The molecule has 0 unspecified atom stereocenters. The van der Waals surface area contributed by atoms with E-state index < -0.39 is 0 Å². The summed E-state index contributed by atoms with van der Waals surface area (Å²) >= 11 is 0. The molecule has 0 radical (unpaired) electrons. The zero-order valence-corrected chi connectivity index (χ0v) is 12.1. The fraction of sp³-hybridized carbons (Fsp3) is 0.533. The van der Waals surface area contributed by atoms with Crippen molar-refractivity contribution in [1.82, 2.24) is 4.90 Å². The van der Waals surface area contributed by atoms with Crippen LogP contribution in [-0.4, -0.2) is 29.6 Å². The van der Waals surface area contributed by atoms with Gasteiger partial charge in [-0.3, -0.25) is 9.69 Å². The molecule has 0 N–H and O–H groups in total. The molecule has 0 atom stereocenters. The van der Waals surface area contributed by atoms with Crippen molar-refractivity contribution in [2.24, 2.45) is 0 Å². The fourth-order valence-corrected chi connectivity index (χ4v) is 1.72. The molecular weight excluding hydrogens is 245 g/mol. The first-order valence-electron chi connectivity index (χ1n) is 6.48. The second-order valence-corrected chi connectivity index (χ2v) is 5.42. The van der Waals surface area contributed by atoms with Gasteiger partial charge in [-0.25, -0.2) is 4.39 Å². The van der Waals surface area contributed by atoms with Crippen molar-refractivity contribution in [3.8, 4) is 0 Å². The average molecular weight is 267 g/mol. The molecule has 0 aliphatic heterocycles. The molecule has 19 heavy (non-hydrogen) atoms. The lowest BCUT2D eigenvalue weighted by Crippen LogP contribution is -2.44. The highest BCUT2D eigenvalue weighted by Gasteiger charge is 2.25. The minimum absolute atomic E-state index is 0.158. The SMILES string of the molecule is CCOC(=O)CN(Cc1ccccc1F)C(C)(C)C. The number of hydrogen-bond acceptors (Lipinski definition) is 3. The van der Waals surface area contributed by atoms with Gasteiger partial charge in [-0.15, -0.1) is 0 Å². The molecule has 3 nitrogen and oxygen atoms in total. The maximum absolute atomic E-state index is 13.7. The van der Waals surface area contributed by atoms with Crippen molar-refractivity contribution in [2.45, 2.75) is 39.8 Å². The van der Waals surface area contributed by atoms with Crippen LogP contribution in [0.15, 0.2) is 24.3 Å². The molecular formula is C15H22FNO2. The van der Waals surface area contributed by atoms with E-state index in [1.165, 1.54) is 6.07 Å². The Bertz CT molecular complexity index is 426. The summed E-state index contributed by atoms with van der Waals surface area (Å²) in [7, 11) is 0. The molecule has 1 aromatic carbocycles. The molecule has 0 amide bonds. The number of carbonyl (C=O) groups is 1. The van der Waals surface area contributed by atoms with Gasteiger partial charge in [0.2, 0.25) is 0 Å². The summed E-state index contributed by atoms with van der Waals surface area (Å²) in [5, 5.41) is 0. The Morgan fingerprint density at radius 1 is 1.32 bits per heavy atom. The van der Waals surface area contributed by atoms with Gasteiger partial charge in [-0.05, 0) is 33.8 Å². The number of esters is 1. The summed E-state index contributed by atoms with van der Waals surface area (Å²) in [5.74, 6) is -0.533.